The molecule has 0 spiro atoms. The fraction of sp³-hybridized carbons (Fsp3) is 0.138. The minimum atomic E-state index is -1.08. The van der Waals surface area contributed by atoms with Crippen LogP contribution in [-0.4, -0.2) is 48.4 Å². The lowest BCUT2D eigenvalue weighted by Gasteiger charge is -2.12. The van der Waals surface area contributed by atoms with E-state index in [0.717, 1.165) is 16.6 Å². The molecule has 8 N–H and O–H groups in total. The number of nitrogens with one attached hydrogen (secondary N) is 3. The fourth-order valence-corrected chi connectivity index (χ4v) is 4.51. The number of nitrogens with two attached hydrogens (primary N) is 2. The van der Waals surface area contributed by atoms with E-state index in [4.69, 9.17) is 11.5 Å². The van der Waals surface area contributed by atoms with E-state index in [-0.39, 0.29) is 59.3 Å². The number of aromatic nitrogens is 4. The first-order valence-electron chi connectivity index (χ1n) is 13.4. The summed E-state index contributed by atoms with van der Waals surface area (Å²) in [6.07, 6.45) is 0. The van der Waals surface area contributed by atoms with Crippen LogP contribution in [-0.2, 0) is 19.6 Å². The van der Waals surface area contributed by atoms with Crippen molar-refractivity contribution in [2.75, 3.05) is 11.1 Å². The van der Waals surface area contributed by atoms with E-state index < -0.39 is 46.2 Å². The molecule has 46 heavy (non-hydrogen) atoms. The van der Waals surface area contributed by atoms with Crippen LogP contribution in [0.1, 0.15) is 64.2 Å². The summed E-state index contributed by atoms with van der Waals surface area (Å²) < 4.78 is 15.4. The maximum Gasteiger partial charge on any atom is 0.335 e. The Kier molecular flexibility index (Phi) is 8.22. The number of halogens is 1. The molecule has 0 saturated heterocycles. The Morgan fingerprint density at radius 3 is 2.24 bits per heavy atom. The zero-order valence-electron chi connectivity index (χ0n) is 23.9. The number of primary amides is 1. The molecule has 0 atom stereocenters. The number of fused-ring (bicyclic) bond motifs is 1. The Balaban J connectivity index is 1.34. The van der Waals surface area contributed by atoms with Crippen LogP contribution in [0.5, 0.6) is 0 Å². The van der Waals surface area contributed by atoms with Crippen LogP contribution in [0.2, 0.25) is 0 Å². The number of carbonyl (C=O) groups excluding carboxylic acids is 3. The number of rotatable bonds is 11. The first-order chi connectivity index (χ1) is 21.8. The lowest BCUT2D eigenvalue weighted by Crippen LogP contribution is -2.37. The van der Waals surface area contributed by atoms with Crippen LogP contribution < -0.4 is 38.3 Å². The van der Waals surface area contributed by atoms with Crippen LogP contribution >= 0.6 is 0 Å². The van der Waals surface area contributed by atoms with Crippen LogP contribution in [0.4, 0.5) is 15.8 Å². The molecule has 0 unspecified atom stereocenters. The molecule has 0 aliphatic rings. The average molecular weight is 630 g/mol. The molecule has 0 radical (unpaired) electrons. The standard InChI is InChI=1S/C29H24FN9O7/c1-12-6-13(2-4-16(12)28(45)46)9-34-26(43)18-8-19(39-29(36-18)37-25(38-39)24(32)42)27(44)35-10-14-3-5-17(30)15(7-14)11-33-21-20(31)22(40)23(21)41/h2-8,33H,9-11,31H2,1H3,(H2,32,42)(H,34,43)(H,35,44)(H,45,46). The Morgan fingerprint density at radius 1 is 0.913 bits per heavy atom. The van der Waals surface area contributed by atoms with Crippen LogP contribution in [0.25, 0.3) is 5.78 Å². The third-order valence-electron chi connectivity index (χ3n) is 6.94. The van der Waals surface area contributed by atoms with Gasteiger partial charge in [0.2, 0.25) is 5.82 Å². The number of benzene rings is 2. The summed E-state index contributed by atoms with van der Waals surface area (Å²) in [6.45, 7) is 1.34. The summed E-state index contributed by atoms with van der Waals surface area (Å²) in [7, 11) is 0. The van der Waals surface area contributed by atoms with Crippen molar-refractivity contribution in [3.63, 3.8) is 0 Å². The molecule has 0 fully saturated rings. The lowest BCUT2D eigenvalue weighted by atomic mass is 10.1. The highest BCUT2D eigenvalue weighted by Crippen LogP contribution is 2.16. The fourth-order valence-electron chi connectivity index (χ4n) is 4.51. The van der Waals surface area contributed by atoms with Crippen molar-refractivity contribution >= 4 is 40.8 Å². The van der Waals surface area contributed by atoms with Gasteiger partial charge in [-0.3, -0.25) is 24.0 Å². The number of carbonyl (C=O) groups is 4. The van der Waals surface area contributed by atoms with Gasteiger partial charge in [0.05, 0.1) is 5.56 Å². The number of aromatic carboxylic acids is 1. The van der Waals surface area contributed by atoms with E-state index in [1.807, 2.05) is 0 Å². The molecular weight excluding hydrogens is 605 g/mol. The van der Waals surface area contributed by atoms with Crippen molar-refractivity contribution in [3.8, 4) is 0 Å². The van der Waals surface area contributed by atoms with E-state index in [9.17, 15) is 38.3 Å². The van der Waals surface area contributed by atoms with Gasteiger partial charge in [0.15, 0.2) is 0 Å². The first kappa shape index (κ1) is 30.9. The Labute approximate surface area is 257 Å². The number of hydrogen-bond acceptors (Lipinski definition) is 11. The maximum absolute atomic E-state index is 14.4. The molecule has 5 rings (SSSR count). The molecule has 0 bridgehead atoms. The van der Waals surface area contributed by atoms with Gasteiger partial charge in [-0.15, -0.1) is 5.10 Å². The summed E-state index contributed by atoms with van der Waals surface area (Å²) >= 11 is 0. The minimum absolute atomic E-state index is 0.00326. The zero-order valence-corrected chi connectivity index (χ0v) is 23.9. The first-order valence-corrected chi connectivity index (χ1v) is 13.4. The van der Waals surface area contributed by atoms with Gasteiger partial charge in [-0.05, 0) is 41.8 Å². The van der Waals surface area contributed by atoms with Crippen LogP contribution in [0.15, 0.2) is 52.1 Å². The van der Waals surface area contributed by atoms with Gasteiger partial charge in [0.1, 0.15) is 28.6 Å². The smallest absolute Gasteiger partial charge is 0.335 e. The van der Waals surface area contributed by atoms with E-state index in [2.05, 4.69) is 31.0 Å². The molecule has 0 aliphatic heterocycles. The number of carboxylic acid groups (broad SMARTS) is 1. The number of carboxylic acids is 1. The van der Waals surface area contributed by atoms with Gasteiger partial charge in [-0.25, -0.2) is 14.2 Å². The molecular formula is C29H24FN9O7. The molecule has 2 aromatic heterocycles. The van der Waals surface area contributed by atoms with Gasteiger partial charge in [-0.2, -0.15) is 9.50 Å². The molecule has 3 amide bonds. The van der Waals surface area contributed by atoms with Crippen molar-refractivity contribution in [1.29, 1.82) is 0 Å². The molecule has 0 aliphatic carbocycles. The molecule has 2 heterocycles. The second-order valence-corrected chi connectivity index (χ2v) is 10.1. The van der Waals surface area contributed by atoms with Crippen molar-refractivity contribution in [2.45, 2.75) is 26.6 Å². The van der Waals surface area contributed by atoms with Gasteiger partial charge >= 0.3 is 5.97 Å². The summed E-state index contributed by atoms with van der Waals surface area (Å²) in [5.41, 5.74) is 10.2. The monoisotopic (exact) mass is 629 g/mol. The quantitative estimate of drug-likeness (QED) is 0.106. The van der Waals surface area contributed by atoms with E-state index >= 15 is 0 Å². The molecule has 5 aromatic rings. The highest BCUT2D eigenvalue weighted by molar-refractivity contribution is 5.98. The summed E-state index contributed by atoms with van der Waals surface area (Å²) in [5.74, 6) is -4.88. The van der Waals surface area contributed by atoms with Crippen molar-refractivity contribution in [3.05, 3.63) is 114 Å². The number of nitrogens with zero attached hydrogens (tertiary/aromatic N) is 4. The highest BCUT2D eigenvalue weighted by Gasteiger charge is 2.22. The number of aryl methyl sites for hydroxylation is 1. The molecule has 234 valence electrons. The second kappa shape index (κ2) is 12.2. The normalized spacial score (nSPS) is 11.0. The van der Waals surface area contributed by atoms with E-state index in [0.29, 0.717) is 16.7 Å². The lowest BCUT2D eigenvalue weighted by molar-refractivity contribution is 0.0695. The van der Waals surface area contributed by atoms with Gasteiger partial charge < -0.3 is 32.5 Å². The largest absolute Gasteiger partial charge is 0.478 e. The maximum atomic E-state index is 14.4. The number of amides is 3. The Morgan fingerprint density at radius 2 is 1.59 bits per heavy atom. The Hall–Kier alpha value is -6.52. The summed E-state index contributed by atoms with van der Waals surface area (Å²) in [4.78, 5) is 80.3. The van der Waals surface area contributed by atoms with Gasteiger partial charge in [0, 0.05) is 31.3 Å². The van der Waals surface area contributed by atoms with E-state index in [1.165, 1.54) is 18.2 Å². The second-order valence-electron chi connectivity index (χ2n) is 10.1. The van der Waals surface area contributed by atoms with Gasteiger partial charge in [0.25, 0.3) is 34.4 Å². The molecule has 0 saturated carbocycles. The van der Waals surface area contributed by atoms with E-state index in [1.54, 1.807) is 19.1 Å². The molecule has 16 nitrogen and oxygen atoms in total. The van der Waals surface area contributed by atoms with Crippen molar-refractivity contribution < 1.29 is 28.7 Å². The highest BCUT2D eigenvalue weighted by atomic mass is 19.1. The predicted octanol–water partition coefficient (Wildman–Crippen LogP) is 0.0192. The molecule has 17 heteroatoms. The van der Waals surface area contributed by atoms with Crippen LogP contribution in [0, 0.1) is 12.7 Å². The SMILES string of the molecule is Cc1cc(CNC(=O)c2cc(C(=O)NCc3ccc(F)c(CNc4c(N)c(=O)c4=O)c3)n3nc(C(N)=O)nc3n2)ccc1C(=O)O. The predicted molar refractivity (Wildman–Crippen MR) is 159 cm³/mol. The minimum Gasteiger partial charge on any atom is -0.478 e. The molecule has 3 aromatic carbocycles. The number of hydrogen-bond donors (Lipinski definition) is 6. The zero-order chi connectivity index (χ0) is 33.3. The summed E-state index contributed by atoms with van der Waals surface area (Å²) in [6, 6.07) is 9.69. The van der Waals surface area contributed by atoms with Gasteiger partial charge in [-0.1, -0.05) is 18.2 Å². The third kappa shape index (κ3) is 6.09. The Bertz CT molecular complexity index is 2150. The van der Waals surface area contributed by atoms with Crippen molar-refractivity contribution in [1.82, 2.24) is 30.2 Å². The average Bonchev–Trinajstić information content (AvgIpc) is 3.47. The number of nitrogen functional groups attached to an aromatic ring is 1. The number of anilines is 2. The topological polar surface area (TPSA) is 254 Å². The summed E-state index contributed by atoms with van der Waals surface area (Å²) in [5, 5.41) is 21.0. The van der Waals surface area contributed by atoms with Crippen LogP contribution in [0.3, 0.4) is 0 Å². The van der Waals surface area contributed by atoms with Crippen molar-refractivity contribution in [2.24, 2.45) is 5.73 Å². The third-order valence-corrected chi connectivity index (χ3v) is 6.94.